The quantitative estimate of drug-likeness (QED) is 0.296. The van der Waals surface area contributed by atoms with E-state index in [0.29, 0.717) is 5.76 Å². The minimum absolute atomic E-state index is 0.0432. The fourth-order valence-electron chi connectivity index (χ4n) is 5.32. The molecule has 2 heterocycles. The van der Waals surface area contributed by atoms with Crippen LogP contribution >= 0.6 is 0 Å². The van der Waals surface area contributed by atoms with Crippen LogP contribution in [0.3, 0.4) is 0 Å². The summed E-state index contributed by atoms with van der Waals surface area (Å²) in [5.41, 5.74) is -0.0949. The number of likely N-dealkylation sites (tertiary alicyclic amines) is 1. The summed E-state index contributed by atoms with van der Waals surface area (Å²) >= 11 is 0. The molecule has 1 aliphatic heterocycles. The van der Waals surface area contributed by atoms with Gasteiger partial charge in [0, 0.05) is 12.1 Å². The second-order valence-corrected chi connectivity index (χ2v) is 8.47. The molecule has 1 N–H and O–H groups in total. The molecule has 2 aliphatic carbocycles. The van der Waals surface area contributed by atoms with Crippen molar-refractivity contribution < 1.29 is 28.5 Å². The molecule has 170 valence electrons. The summed E-state index contributed by atoms with van der Waals surface area (Å²) in [6, 6.07) is 6.17. The number of imide groups is 1. The van der Waals surface area contributed by atoms with Crippen molar-refractivity contribution in [2.45, 2.75) is 18.9 Å². The molecule has 2 fully saturated rings. The number of ether oxygens (including phenoxy) is 1. The van der Waals surface area contributed by atoms with Crippen molar-refractivity contribution in [2.75, 3.05) is 12.4 Å². The highest BCUT2D eigenvalue weighted by atomic mass is 16.6. The highest BCUT2D eigenvalue weighted by Crippen LogP contribution is 2.54. The van der Waals surface area contributed by atoms with Crippen LogP contribution in [0.1, 0.15) is 24.6 Å². The number of carbonyl (C=O) groups is 3. The summed E-state index contributed by atoms with van der Waals surface area (Å²) in [5.74, 6) is -1.27. The number of allylic oxidation sites excluding steroid dienone is 2. The van der Waals surface area contributed by atoms with Gasteiger partial charge in [-0.25, -0.2) is 0 Å². The molecule has 1 aromatic carbocycles. The van der Waals surface area contributed by atoms with Crippen LogP contribution in [0, 0.1) is 33.8 Å². The van der Waals surface area contributed by atoms with Crippen LogP contribution in [0.5, 0.6) is 5.75 Å². The van der Waals surface area contributed by atoms with Crippen molar-refractivity contribution in [3.05, 3.63) is 64.6 Å². The van der Waals surface area contributed by atoms with Gasteiger partial charge in [0.05, 0.1) is 42.2 Å². The Bertz CT molecular complexity index is 1140. The molecule has 33 heavy (non-hydrogen) atoms. The van der Waals surface area contributed by atoms with Crippen molar-refractivity contribution in [1.82, 2.24) is 4.90 Å². The van der Waals surface area contributed by atoms with Crippen LogP contribution in [-0.2, 0) is 14.4 Å². The minimum Gasteiger partial charge on any atom is -0.495 e. The number of fused-ring (bicyclic) bond motifs is 5. The number of methoxy groups -OCH3 is 1. The fraction of sp³-hybridized carbons (Fsp3) is 0.348. The maximum absolute atomic E-state index is 13.3. The number of nitro benzene ring substituents is 1. The number of nitrogens with zero attached hydrogens (tertiary/aromatic N) is 2. The molecule has 1 saturated carbocycles. The van der Waals surface area contributed by atoms with Crippen LogP contribution in [-0.4, -0.2) is 34.7 Å². The largest absolute Gasteiger partial charge is 0.495 e. The van der Waals surface area contributed by atoms with E-state index in [2.05, 4.69) is 5.32 Å². The van der Waals surface area contributed by atoms with E-state index < -0.39 is 28.7 Å². The molecule has 0 radical (unpaired) electrons. The first kappa shape index (κ1) is 20.9. The van der Waals surface area contributed by atoms with Crippen LogP contribution < -0.4 is 10.1 Å². The van der Waals surface area contributed by atoms with E-state index in [1.807, 2.05) is 12.2 Å². The van der Waals surface area contributed by atoms with Gasteiger partial charge in [0.2, 0.25) is 17.7 Å². The van der Waals surface area contributed by atoms with Crippen molar-refractivity contribution in [2.24, 2.45) is 23.7 Å². The Hall–Kier alpha value is -3.95. The molecule has 3 amide bonds. The molecule has 5 atom stereocenters. The number of hydrogen-bond donors (Lipinski definition) is 1. The van der Waals surface area contributed by atoms with Gasteiger partial charge in [0.15, 0.2) is 0 Å². The van der Waals surface area contributed by atoms with E-state index in [1.165, 1.54) is 36.5 Å². The Kier molecular flexibility index (Phi) is 4.99. The van der Waals surface area contributed by atoms with Crippen LogP contribution in [0.15, 0.2) is 53.2 Å². The second kappa shape index (κ2) is 7.88. The van der Waals surface area contributed by atoms with Gasteiger partial charge in [-0.3, -0.25) is 29.4 Å². The topological polar surface area (TPSA) is 132 Å². The molecule has 1 saturated heterocycles. The number of benzene rings is 1. The SMILES string of the molecule is COc1ccc([N+](=O)[O-])cc1NC(=O)CC(c1ccco1)N1C(=O)C2C3C=CC(C3)C2C1=O. The summed E-state index contributed by atoms with van der Waals surface area (Å²) in [7, 11) is 1.38. The highest BCUT2D eigenvalue weighted by Gasteiger charge is 2.60. The Morgan fingerprint density at radius 3 is 2.52 bits per heavy atom. The van der Waals surface area contributed by atoms with Crippen molar-refractivity contribution in [1.29, 1.82) is 0 Å². The number of nitro groups is 1. The van der Waals surface area contributed by atoms with E-state index in [-0.39, 0.29) is 47.2 Å². The molecule has 10 heteroatoms. The highest BCUT2D eigenvalue weighted by molar-refractivity contribution is 6.07. The van der Waals surface area contributed by atoms with Gasteiger partial charge in [0.25, 0.3) is 5.69 Å². The molecule has 1 aromatic heterocycles. The third kappa shape index (κ3) is 3.38. The van der Waals surface area contributed by atoms with Gasteiger partial charge in [-0.2, -0.15) is 0 Å². The number of carbonyl (C=O) groups excluding carboxylic acids is 3. The zero-order valence-electron chi connectivity index (χ0n) is 17.7. The maximum atomic E-state index is 13.3. The molecule has 5 unspecified atom stereocenters. The summed E-state index contributed by atoms with van der Waals surface area (Å²) in [5, 5.41) is 13.7. The lowest BCUT2D eigenvalue weighted by molar-refractivity contribution is -0.384. The lowest BCUT2D eigenvalue weighted by Crippen LogP contribution is -2.38. The molecule has 5 rings (SSSR count). The first-order valence-electron chi connectivity index (χ1n) is 10.6. The first-order valence-corrected chi connectivity index (χ1v) is 10.6. The number of amides is 3. The number of hydrogen-bond acceptors (Lipinski definition) is 7. The second-order valence-electron chi connectivity index (χ2n) is 8.47. The Balaban J connectivity index is 1.41. The van der Waals surface area contributed by atoms with Crippen LogP contribution in [0.4, 0.5) is 11.4 Å². The van der Waals surface area contributed by atoms with Crippen molar-refractivity contribution in [3.8, 4) is 5.75 Å². The number of non-ortho nitro benzene ring substituents is 1. The zero-order valence-corrected chi connectivity index (χ0v) is 17.7. The smallest absolute Gasteiger partial charge is 0.271 e. The number of nitrogens with one attached hydrogen (secondary N) is 1. The third-order valence-electron chi connectivity index (χ3n) is 6.73. The van der Waals surface area contributed by atoms with Crippen molar-refractivity contribution >= 4 is 29.1 Å². The Morgan fingerprint density at radius 2 is 1.94 bits per heavy atom. The van der Waals surface area contributed by atoms with Gasteiger partial charge in [-0.1, -0.05) is 12.2 Å². The molecule has 3 aliphatic rings. The minimum atomic E-state index is -0.922. The van der Waals surface area contributed by atoms with Gasteiger partial charge < -0.3 is 14.5 Å². The molecule has 0 spiro atoms. The maximum Gasteiger partial charge on any atom is 0.271 e. The van der Waals surface area contributed by atoms with E-state index in [1.54, 1.807) is 12.1 Å². The number of rotatable bonds is 7. The summed E-state index contributed by atoms with van der Waals surface area (Å²) in [4.78, 5) is 51.3. The summed E-state index contributed by atoms with van der Waals surface area (Å²) < 4.78 is 10.7. The van der Waals surface area contributed by atoms with Gasteiger partial charge in [-0.15, -0.1) is 0 Å². The number of anilines is 1. The Labute approximate surface area is 188 Å². The van der Waals surface area contributed by atoms with Crippen LogP contribution in [0.25, 0.3) is 0 Å². The summed E-state index contributed by atoms with van der Waals surface area (Å²) in [6.07, 6.45) is 5.96. The lowest BCUT2D eigenvalue weighted by Gasteiger charge is -2.26. The van der Waals surface area contributed by atoms with E-state index in [9.17, 15) is 24.5 Å². The molecule has 2 bridgehead atoms. The van der Waals surface area contributed by atoms with E-state index in [4.69, 9.17) is 9.15 Å². The van der Waals surface area contributed by atoms with E-state index in [0.717, 1.165) is 6.42 Å². The van der Waals surface area contributed by atoms with Crippen LogP contribution in [0.2, 0.25) is 0 Å². The zero-order chi connectivity index (χ0) is 23.3. The Morgan fingerprint density at radius 1 is 1.24 bits per heavy atom. The third-order valence-corrected chi connectivity index (χ3v) is 6.73. The van der Waals surface area contributed by atoms with E-state index >= 15 is 0 Å². The predicted octanol–water partition coefficient (Wildman–Crippen LogP) is 3.07. The normalized spacial score (nSPS) is 25.9. The molecule has 10 nitrogen and oxygen atoms in total. The van der Waals surface area contributed by atoms with Crippen molar-refractivity contribution in [3.63, 3.8) is 0 Å². The van der Waals surface area contributed by atoms with Gasteiger partial charge in [0.1, 0.15) is 17.6 Å². The standard InChI is InChI=1S/C23H21N3O7/c1-32-17-7-6-14(26(30)31)10-15(17)24-19(27)11-16(18-3-2-8-33-18)25-22(28)20-12-4-5-13(9-12)21(20)23(25)29/h2-8,10,12-13,16,20-21H,9,11H2,1H3,(H,24,27). The fourth-order valence-corrected chi connectivity index (χ4v) is 5.32. The average molecular weight is 451 g/mol. The monoisotopic (exact) mass is 451 g/mol. The predicted molar refractivity (Wildman–Crippen MR) is 114 cm³/mol. The molecular formula is C23H21N3O7. The molecular weight excluding hydrogens is 430 g/mol. The average Bonchev–Trinajstić information content (AvgIpc) is 3.58. The first-order chi connectivity index (χ1) is 15.9. The number of furan rings is 1. The lowest BCUT2D eigenvalue weighted by atomic mass is 9.85. The summed E-state index contributed by atoms with van der Waals surface area (Å²) in [6.45, 7) is 0. The molecule has 2 aromatic rings. The van der Waals surface area contributed by atoms with Gasteiger partial charge in [-0.05, 0) is 36.5 Å². The van der Waals surface area contributed by atoms with Gasteiger partial charge >= 0.3 is 0 Å².